The maximum Gasteiger partial charge on any atom is 1.00 e. The van der Waals surface area contributed by atoms with Gasteiger partial charge < -0.3 is 5.48 Å². The van der Waals surface area contributed by atoms with Crippen LogP contribution in [0.2, 0.25) is 0 Å². The van der Waals surface area contributed by atoms with Crippen molar-refractivity contribution < 1.29 is 73.1 Å². The Hall–Kier alpha value is -2.16. The van der Waals surface area contributed by atoms with Crippen LogP contribution in [0.3, 0.4) is 0 Å². The minimum Gasteiger partial charge on any atom is -0.870 e. The Labute approximate surface area is 286 Å². The van der Waals surface area contributed by atoms with Gasteiger partial charge >= 0.3 is 39.6 Å². The number of hydrogen-bond acceptors (Lipinski definition) is 7. The van der Waals surface area contributed by atoms with Crippen molar-refractivity contribution in [2.75, 3.05) is 0 Å². The van der Waals surface area contributed by atoms with Crippen molar-refractivity contribution in [1.29, 1.82) is 0 Å². The molecule has 9 nitrogen and oxygen atoms in total. The van der Waals surface area contributed by atoms with Gasteiger partial charge in [0.15, 0.2) is 0 Å². The average molecular weight is 657 g/mol. The van der Waals surface area contributed by atoms with Gasteiger partial charge in [-0.1, -0.05) is 54.4 Å². The molecule has 0 aliphatic rings. The summed E-state index contributed by atoms with van der Waals surface area (Å²) in [5.41, 5.74) is 7.30. The number of hydrogen-bond donors (Lipinski definition) is 6. The van der Waals surface area contributed by atoms with E-state index in [0.29, 0.717) is 17.5 Å². The molecule has 0 saturated heterocycles. The molecule has 7 N–H and O–H groups in total. The van der Waals surface area contributed by atoms with Gasteiger partial charge in [-0.3, -0.25) is 28.6 Å². The molecule has 0 bridgehead atoms. The molecular formula is C32H45N2NaO7S2+2. The predicted octanol–water partition coefficient (Wildman–Crippen LogP) is 4.67. The van der Waals surface area contributed by atoms with E-state index in [2.05, 4.69) is 0 Å². The first-order valence-corrected chi connectivity index (χ1v) is 17.0. The maximum absolute atomic E-state index is 10.9. The molecule has 2 aromatic carbocycles. The van der Waals surface area contributed by atoms with Crippen LogP contribution in [0, 0.1) is 41.5 Å². The van der Waals surface area contributed by atoms with Crippen LogP contribution in [-0.2, 0) is 5.75 Å². The van der Waals surface area contributed by atoms with E-state index in [-0.39, 0.29) is 50.8 Å². The van der Waals surface area contributed by atoms with Crippen molar-refractivity contribution >= 4 is 21.2 Å². The van der Waals surface area contributed by atoms with Crippen LogP contribution in [0.25, 0.3) is 0 Å². The molecule has 0 aliphatic carbocycles. The summed E-state index contributed by atoms with van der Waals surface area (Å²) in [7, 11) is -6.29. The topological polar surface area (TPSA) is 159 Å². The van der Waals surface area contributed by atoms with Crippen molar-refractivity contribution in [2.45, 2.75) is 75.9 Å². The molecule has 0 aliphatic heterocycles. The van der Waals surface area contributed by atoms with Crippen LogP contribution < -0.4 is 39.0 Å². The minimum absolute atomic E-state index is 0. The van der Waals surface area contributed by atoms with Gasteiger partial charge in [0.25, 0.3) is 0 Å². The number of aryl methyl sites for hydroxylation is 6. The Balaban J connectivity index is 0.000000422. The number of nitrogens with zero attached hydrogens (tertiary/aromatic N) is 2. The second-order valence-electron chi connectivity index (χ2n) is 10.8. The van der Waals surface area contributed by atoms with Gasteiger partial charge in [-0.05, 0) is 82.3 Å². The molecule has 0 fully saturated rings. The summed E-state index contributed by atoms with van der Waals surface area (Å²) in [5.74, 6) is 0.103. The van der Waals surface area contributed by atoms with E-state index in [4.69, 9.17) is 0 Å². The van der Waals surface area contributed by atoms with Crippen molar-refractivity contribution in [3.8, 4) is 0 Å². The second-order valence-corrected chi connectivity index (χ2v) is 14.9. The summed E-state index contributed by atoms with van der Waals surface area (Å²) in [4.78, 5) is 0. The Kier molecular flexibility index (Phi) is 14.9. The zero-order chi connectivity index (χ0) is 31.4. The van der Waals surface area contributed by atoms with Gasteiger partial charge in [-0.25, -0.2) is 0 Å². The van der Waals surface area contributed by atoms with Crippen LogP contribution in [0.1, 0.15) is 63.1 Å². The van der Waals surface area contributed by atoms with Crippen LogP contribution >= 0.6 is 21.2 Å². The van der Waals surface area contributed by atoms with E-state index in [0.717, 1.165) is 42.8 Å². The standard InChI is InChI=1S/C17H23NO3S.C15H19NO3S.Na.H2O/c1-5-16(15-11-12(2)8-9-13(15)3)22(20,21)17-14(4)7-6-10-18(17)19;1-11-6-7-12(2)14(9-11)10-20(18,19)15-13(3)5-4-8-16(15)17;;/h6-11,16H,5H2,1-4H3,(H2-,19,20,21);4-9H,10H2,1-3H3,(H2-,17,18,19);;1H2/q;;+1;/p+1. The summed E-state index contributed by atoms with van der Waals surface area (Å²) in [5, 5.41) is 19.8. The first-order valence-electron chi connectivity index (χ1n) is 13.7. The van der Waals surface area contributed by atoms with E-state index in [9.17, 15) is 28.6 Å². The third kappa shape index (κ3) is 9.20. The van der Waals surface area contributed by atoms with Crippen molar-refractivity contribution in [3.05, 3.63) is 118 Å². The Morgan fingerprint density at radius 1 is 0.659 bits per heavy atom. The third-order valence-electron chi connectivity index (χ3n) is 7.24. The summed E-state index contributed by atoms with van der Waals surface area (Å²) in [6.45, 7) is 13.3. The zero-order valence-corrected chi connectivity index (χ0v) is 30.4. The fraction of sp³-hybridized carbons (Fsp3) is 0.312. The van der Waals surface area contributed by atoms with E-state index in [1.807, 2.05) is 71.0 Å². The molecule has 0 amide bonds. The number of rotatable bonds is 7. The first kappa shape index (κ1) is 39.9. The molecule has 12 heteroatoms. The minimum atomic E-state index is -3.19. The molecule has 2 heterocycles. The molecule has 1 unspecified atom stereocenters. The van der Waals surface area contributed by atoms with Gasteiger partial charge in [-0.15, -0.1) is 21.2 Å². The Morgan fingerprint density at radius 3 is 1.64 bits per heavy atom. The SMILES string of the molecule is CCC(c1cc(C)ccc1C)S(O)(O)c1c(C)ccc[n+]1O.Cc1ccc(C)c(CS(O)(O)c2c(C)ccc[n+]2O)c1.[Na+].[OH-]. The van der Waals surface area contributed by atoms with E-state index in [1.54, 1.807) is 38.1 Å². The molecule has 4 rings (SSSR count). The summed E-state index contributed by atoms with van der Waals surface area (Å²) in [6.07, 6.45) is 3.40. The quantitative estimate of drug-likeness (QED) is 0.0958. The smallest absolute Gasteiger partial charge is 0.870 e. The maximum atomic E-state index is 10.9. The molecule has 2 aromatic heterocycles. The normalized spacial score (nSPS) is 12.6. The summed E-state index contributed by atoms with van der Waals surface area (Å²) in [6, 6.07) is 18.8. The van der Waals surface area contributed by atoms with Crippen LogP contribution in [0.15, 0.2) is 83.1 Å². The first-order chi connectivity index (χ1) is 19.6. The number of pyridine rings is 2. The van der Waals surface area contributed by atoms with Crippen LogP contribution in [0.4, 0.5) is 0 Å². The fourth-order valence-electron chi connectivity index (χ4n) is 5.07. The zero-order valence-electron chi connectivity index (χ0n) is 26.8. The van der Waals surface area contributed by atoms with Gasteiger partial charge in [0, 0.05) is 32.7 Å². The van der Waals surface area contributed by atoms with E-state index >= 15 is 0 Å². The summed E-state index contributed by atoms with van der Waals surface area (Å²) < 4.78 is 44.4. The molecule has 1 atom stereocenters. The molecule has 236 valence electrons. The molecular weight excluding hydrogens is 611 g/mol. The molecule has 0 radical (unpaired) electrons. The molecule has 4 aromatic rings. The fourth-order valence-corrected chi connectivity index (χ4v) is 9.12. The van der Waals surface area contributed by atoms with E-state index < -0.39 is 26.4 Å². The second kappa shape index (κ2) is 16.4. The van der Waals surface area contributed by atoms with Gasteiger partial charge in [0.2, 0.25) is 12.4 Å². The monoisotopic (exact) mass is 656 g/mol. The van der Waals surface area contributed by atoms with Gasteiger partial charge in [-0.2, -0.15) is 0 Å². The molecule has 44 heavy (non-hydrogen) atoms. The summed E-state index contributed by atoms with van der Waals surface area (Å²) >= 11 is 0. The van der Waals surface area contributed by atoms with Crippen LogP contribution in [0.5, 0.6) is 0 Å². The molecule has 0 spiro atoms. The van der Waals surface area contributed by atoms with E-state index in [1.165, 1.54) is 12.4 Å². The molecule has 0 saturated carbocycles. The Morgan fingerprint density at radius 2 is 1.14 bits per heavy atom. The van der Waals surface area contributed by atoms with Crippen molar-refractivity contribution in [3.63, 3.8) is 0 Å². The number of aromatic nitrogens is 2. The average Bonchev–Trinajstić information content (AvgIpc) is 2.88. The van der Waals surface area contributed by atoms with Crippen LogP contribution in [-0.4, -0.2) is 34.1 Å². The number of benzene rings is 2. The van der Waals surface area contributed by atoms with Crippen molar-refractivity contribution in [2.24, 2.45) is 0 Å². The van der Waals surface area contributed by atoms with Crippen molar-refractivity contribution in [1.82, 2.24) is 0 Å². The predicted molar refractivity (Wildman–Crippen MR) is 170 cm³/mol. The Bertz CT molecular complexity index is 1530. The van der Waals surface area contributed by atoms with Gasteiger partial charge in [0.1, 0.15) is 0 Å². The largest absolute Gasteiger partial charge is 1.00 e. The van der Waals surface area contributed by atoms with Gasteiger partial charge in [0.05, 0.1) is 11.0 Å². The third-order valence-corrected chi connectivity index (χ3v) is 11.5.